The van der Waals surface area contributed by atoms with E-state index < -0.39 is 23.6 Å². The molecule has 0 radical (unpaired) electrons. The maximum Gasteiger partial charge on any atom is 0.419 e. The Kier molecular flexibility index (Phi) is 4.32. The van der Waals surface area contributed by atoms with Crippen molar-refractivity contribution in [2.45, 2.75) is 25.1 Å². The van der Waals surface area contributed by atoms with Crippen molar-refractivity contribution in [1.82, 2.24) is 5.32 Å². The predicted molar refractivity (Wildman–Crippen MR) is 66.5 cm³/mol. The van der Waals surface area contributed by atoms with Gasteiger partial charge in [0.25, 0.3) is 0 Å². The Bertz CT molecular complexity index is 510. The van der Waals surface area contributed by atoms with Crippen molar-refractivity contribution in [3.8, 4) is 0 Å². The van der Waals surface area contributed by atoms with E-state index in [1.54, 1.807) is 7.05 Å². The van der Waals surface area contributed by atoms with Crippen molar-refractivity contribution in [2.24, 2.45) is 0 Å². The summed E-state index contributed by atoms with van der Waals surface area (Å²) in [5.41, 5.74) is -0.930. The van der Waals surface area contributed by atoms with Gasteiger partial charge >= 0.3 is 6.18 Å². The molecule has 0 fully saturated rings. The average Bonchev–Trinajstić information content (AvgIpc) is 2.41. The molecule has 1 aliphatic heterocycles. The van der Waals surface area contributed by atoms with Gasteiger partial charge in [0.15, 0.2) is 0 Å². The van der Waals surface area contributed by atoms with Crippen molar-refractivity contribution in [3.05, 3.63) is 47.0 Å². The molecule has 1 unspecified atom stereocenters. The second-order valence-electron chi connectivity index (χ2n) is 4.56. The minimum atomic E-state index is -4.71. The Morgan fingerprint density at radius 1 is 1.30 bits per heavy atom. The molecule has 0 aromatic heterocycles. The maximum atomic E-state index is 13.3. The smallest absolute Gasteiger partial charge is 0.419 e. The van der Waals surface area contributed by atoms with Crippen LogP contribution in [0.2, 0.25) is 0 Å². The lowest BCUT2D eigenvalue weighted by Gasteiger charge is -2.24. The van der Waals surface area contributed by atoms with Crippen molar-refractivity contribution >= 4 is 0 Å². The number of allylic oxidation sites excluding steroid dienone is 1. The molecule has 1 aromatic carbocycles. The van der Waals surface area contributed by atoms with Gasteiger partial charge in [0.1, 0.15) is 11.6 Å². The molecule has 0 saturated carbocycles. The standard InChI is InChI=1S/C14H15F4NO/c1-19-13(12-4-2-3-7-20-12)9-5-6-11(15)10(8-9)14(16,17)18/h4-6,8,13,19H,2-3,7H2,1H3. The molecule has 2 rings (SSSR count). The van der Waals surface area contributed by atoms with Crippen LogP contribution in [0.15, 0.2) is 30.0 Å². The van der Waals surface area contributed by atoms with Gasteiger partial charge in [-0.2, -0.15) is 13.2 Å². The quantitative estimate of drug-likeness (QED) is 0.855. The van der Waals surface area contributed by atoms with Crippen LogP contribution in [-0.2, 0) is 10.9 Å². The predicted octanol–water partition coefficient (Wildman–Crippen LogP) is 3.80. The second kappa shape index (κ2) is 5.83. The summed E-state index contributed by atoms with van der Waals surface area (Å²) >= 11 is 0. The molecule has 0 bridgehead atoms. The molecule has 20 heavy (non-hydrogen) atoms. The zero-order chi connectivity index (χ0) is 14.8. The van der Waals surface area contributed by atoms with E-state index in [1.807, 2.05) is 6.08 Å². The summed E-state index contributed by atoms with van der Waals surface area (Å²) in [5, 5.41) is 2.90. The first-order chi connectivity index (χ1) is 9.43. The van der Waals surface area contributed by atoms with Crippen LogP contribution in [0.1, 0.15) is 30.0 Å². The van der Waals surface area contributed by atoms with Gasteiger partial charge in [-0.15, -0.1) is 0 Å². The van der Waals surface area contributed by atoms with E-state index in [1.165, 1.54) is 6.07 Å². The Labute approximate surface area is 114 Å². The third-order valence-electron chi connectivity index (χ3n) is 3.17. The number of hydrogen-bond donors (Lipinski definition) is 1. The third kappa shape index (κ3) is 3.12. The number of hydrogen-bond acceptors (Lipinski definition) is 2. The van der Waals surface area contributed by atoms with Crippen LogP contribution in [-0.4, -0.2) is 13.7 Å². The van der Waals surface area contributed by atoms with Crippen molar-refractivity contribution in [2.75, 3.05) is 13.7 Å². The largest absolute Gasteiger partial charge is 0.496 e. The summed E-state index contributed by atoms with van der Waals surface area (Å²) in [5.74, 6) is -0.687. The number of alkyl halides is 3. The zero-order valence-corrected chi connectivity index (χ0v) is 10.9. The summed E-state index contributed by atoms with van der Waals surface area (Å²) < 4.78 is 56.9. The highest BCUT2D eigenvalue weighted by atomic mass is 19.4. The summed E-state index contributed by atoms with van der Waals surface area (Å²) in [6, 6.07) is 2.50. The van der Waals surface area contributed by atoms with Crippen LogP contribution in [0.4, 0.5) is 17.6 Å². The normalized spacial score (nSPS) is 17.4. The number of rotatable bonds is 3. The molecular weight excluding hydrogens is 274 g/mol. The van der Waals surface area contributed by atoms with Crippen LogP contribution in [0.5, 0.6) is 0 Å². The van der Waals surface area contributed by atoms with E-state index in [0.29, 0.717) is 17.9 Å². The lowest BCUT2D eigenvalue weighted by Crippen LogP contribution is -2.23. The van der Waals surface area contributed by atoms with Gasteiger partial charge < -0.3 is 10.1 Å². The SMILES string of the molecule is CNC(C1=CCCCO1)c1ccc(F)c(C(F)(F)F)c1. The van der Waals surface area contributed by atoms with Crippen LogP contribution in [0, 0.1) is 5.82 Å². The van der Waals surface area contributed by atoms with E-state index in [9.17, 15) is 17.6 Å². The molecule has 0 aliphatic carbocycles. The van der Waals surface area contributed by atoms with Gasteiger partial charge in [0.05, 0.1) is 18.2 Å². The first-order valence-electron chi connectivity index (χ1n) is 6.30. The summed E-state index contributed by atoms with van der Waals surface area (Å²) in [6.45, 7) is 0.539. The molecule has 110 valence electrons. The van der Waals surface area contributed by atoms with Crippen LogP contribution >= 0.6 is 0 Å². The topological polar surface area (TPSA) is 21.3 Å². The van der Waals surface area contributed by atoms with Crippen LogP contribution in [0.25, 0.3) is 0 Å². The molecular formula is C14H15F4NO. The van der Waals surface area contributed by atoms with Gasteiger partial charge in [-0.1, -0.05) is 6.07 Å². The summed E-state index contributed by atoms with van der Waals surface area (Å²) in [4.78, 5) is 0. The molecule has 0 saturated heterocycles. The lowest BCUT2D eigenvalue weighted by atomic mass is 10.00. The average molecular weight is 289 g/mol. The fraction of sp³-hybridized carbons (Fsp3) is 0.429. The zero-order valence-electron chi connectivity index (χ0n) is 10.9. The molecule has 1 N–H and O–H groups in total. The fourth-order valence-corrected chi connectivity index (χ4v) is 2.19. The van der Waals surface area contributed by atoms with Gasteiger partial charge in [0, 0.05) is 0 Å². The Balaban J connectivity index is 2.38. The Morgan fingerprint density at radius 3 is 2.60 bits per heavy atom. The summed E-state index contributed by atoms with van der Waals surface area (Å²) in [6.07, 6.45) is -1.15. The first-order valence-corrected chi connectivity index (χ1v) is 6.30. The molecule has 1 aliphatic rings. The van der Waals surface area contributed by atoms with Crippen molar-refractivity contribution in [3.63, 3.8) is 0 Å². The number of ether oxygens (including phenoxy) is 1. The summed E-state index contributed by atoms with van der Waals surface area (Å²) in [7, 11) is 1.63. The minimum absolute atomic E-state index is 0.328. The highest BCUT2D eigenvalue weighted by molar-refractivity contribution is 5.33. The fourth-order valence-electron chi connectivity index (χ4n) is 2.19. The van der Waals surface area contributed by atoms with Gasteiger partial charge in [-0.3, -0.25) is 0 Å². The number of halogens is 4. The first kappa shape index (κ1) is 14.8. The molecule has 1 heterocycles. The van der Waals surface area contributed by atoms with Crippen LogP contribution < -0.4 is 5.32 Å². The van der Waals surface area contributed by atoms with E-state index in [2.05, 4.69) is 5.32 Å². The van der Waals surface area contributed by atoms with E-state index in [0.717, 1.165) is 25.0 Å². The third-order valence-corrected chi connectivity index (χ3v) is 3.17. The highest BCUT2D eigenvalue weighted by Gasteiger charge is 2.35. The van der Waals surface area contributed by atoms with Crippen LogP contribution in [0.3, 0.4) is 0 Å². The van der Waals surface area contributed by atoms with Gasteiger partial charge in [-0.05, 0) is 43.7 Å². The molecule has 1 atom stereocenters. The van der Waals surface area contributed by atoms with E-state index in [-0.39, 0.29) is 0 Å². The number of likely N-dealkylation sites (N-methyl/N-ethyl adjacent to an activating group) is 1. The number of nitrogens with one attached hydrogen (secondary N) is 1. The van der Waals surface area contributed by atoms with Crippen molar-refractivity contribution in [1.29, 1.82) is 0 Å². The molecule has 0 amide bonds. The molecule has 2 nitrogen and oxygen atoms in total. The molecule has 6 heteroatoms. The monoisotopic (exact) mass is 289 g/mol. The van der Waals surface area contributed by atoms with Gasteiger partial charge in [0.2, 0.25) is 0 Å². The Morgan fingerprint density at radius 2 is 2.05 bits per heavy atom. The molecule has 1 aromatic rings. The van der Waals surface area contributed by atoms with E-state index >= 15 is 0 Å². The second-order valence-corrected chi connectivity index (χ2v) is 4.56. The Hall–Kier alpha value is -1.56. The van der Waals surface area contributed by atoms with E-state index in [4.69, 9.17) is 4.74 Å². The maximum absolute atomic E-state index is 13.3. The van der Waals surface area contributed by atoms with Gasteiger partial charge in [-0.25, -0.2) is 4.39 Å². The minimum Gasteiger partial charge on any atom is -0.496 e. The number of benzene rings is 1. The van der Waals surface area contributed by atoms with Crippen molar-refractivity contribution < 1.29 is 22.3 Å². The highest BCUT2D eigenvalue weighted by Crippen LogP contribution is 2.34. The lowest BCUT2D eigenvalue weighted by molar-refractivity contribution is -0.140. The molecule has 0 spiro atoms.